The molecule has 0 aliphatic carbocycles. The van der Waals surface area contributed by atoms with Gasteiger partial charge in [-0.05, 0) is 67.3 Å². The van der Waals surface area contributed by atoms with Crippen LogP contribution in [0.2, 0.25) is 0 Å². The lowest BCUT2D eigenvalue weighted by Gasteiger charge is -2.35. The van der Waals surface area contributed by atoms with Crippen molar-refractivity contribution >= 4 is 17.5 Å². The highest BCUT2D eigenvalue weighted by atomic mass is 16.2. The van der Waals surface area contributed by atoms with E-state index in [-0.39, 0.29) is 5.91 Å². The lowest BCUT2D eigenvalue weighted by atomic mass is 9.99. The number of carbonyl (C=O) groups is 1. The summed E-state index contributed by atoms with van der Waals surface area (Å²) in [5, 5.41) is 8.97. The van der Waals surface area contributed by atoms with Crippen LogP contribution >= 0.6 is 0 Å². The molecule has 0 unspecified atom stereocenters. The van der Waals surface area contributed by atoms with Gasteiger partial charge in [0.25, 0.3) is 5.91 Å². The molecule has 1 amide bonds. The summed E-state index contributed by atoms with van der Waals surface area (Å²) in [4.78, 5) is 19.4. The monoisotopic (exact) mass is 430 g/mol. The van der Waals surface area contributed by atoms with E-state index in [1.807, 2.05) is 58.3 Å². The van der Waals surface area contributed by atoms with E-state index in [1.54, 1.807) is 0 Å². The molecule has 0 radical (unpaired) electrons. The van der Waals surface area contributed by atoms with Gasteiger partial charge >= 0.3 is 0 Å². The fraction of sp³-hybridized carbons (Fsp3) is 0.400. The van der Waals surface area contributed by atoms with Crippen molar-refractivity contribution in [3.8, 4) is 5.69 Å². The smallest absolute Gasteiger partial charge is 0.253 e. The molecule has 0 saturated carbocycles. The summed E-state index contributed by atoms with van der Waals surface area (Å²) < 4.78 is 2.03. The van der Waals surface area contributed by atoms with Gasteiger partial charge in [0.05, 0.1) is 0 Å². The van der Waals surface area contributed by atoms with Crippen LogP contribution in [0.15, 0.2) is 60.9 Å². The minimum absolute atomic E-state index is 0.0875. The van der Waals surface area contributed by atoms with Gasteiger partial charge in [-0.3, -0.25) is 4.79 Å². The van der Waals surface area contributed by atoms with Gasteiger partial charge in [0, 0.05) is 62.9 Å². The molecular formula is C25H30N6O. The number of nitrogens with zero attached hydrogens (tertiary/aromatic N) is 6. The van der Waals surface area contributed by atoms with Crippen LogP contribution in [0.3, 0.4) is 0 Å². The van der Waals surface area contributed by atoms with Crippen LogP contribution in [0, 0.1) is 5.92 Å². The molecule has 2 aromatic heterocycles. The number of amides is 1. The second-order valence-corrected chi connectivity index (χ2v) is 8.84. The van der Waals surface area contributed by atoms with E-state index in [2.05, 4.69) is 39.1 Å². The molecule has 7 heteroatoms. The molecule has 32 heavy (non-hydrogen) atoms. The SMILES string of the molecule is CC1CCN(c2ccc(N3CCN(C(=O)c4ccc(-n5cccc5)cc4)CC3)nn2)CC1. The Morgan fingerprint density at radius 2 is 1.34 bits per heavy atom. The normalized spacial score (nSPS) is 17.6. The molecule has 0 N–H and O–H groups in total. The number of anilines is 2. The summed E-state index contributed by atoms with van der Waals surface area (Å²) >= 11 is 0. The van der Waals surface area contributed by atoms with Crippen molar-refractivity contribution in [3.63, 3.8) is 0 Å². The van der Waals surface area contributed by atoms with Crippen molar-refractivity contribution in [2.45, 2.75) is 19.8 Å². The molecule has 2 fully saturated rings. The van der Waals surface area contributed by atoms with Gasteiger partial charge in [-0.2, -0.15) is 0 Å². The Kier molecular flexibility index (Phi) is 5.79. The Labute approximate surface area is 189 Å². The van der Waals surface area contributed by atoms with E-state index < -0.39 is 0 Å². The van der Waals surface area contributed by atoms with Crippen LogP contribution in [0.25, 0.3) is 5.69 Å². The van der Waals surface area contributed by atoms with E-state index >= 15 is 0 Å². The number of rotatable bonds is 4. The maximum Gasteiger partial charge on any atom is 0.253 e. The van der Waals surface area contributed by atoms with Crippen molar-refractivity contribution in [1.82, 2.24) is 19.7 Å². The first-order valence-electron chi connectivity index (χ1n) is 11.5. The van der Waals surface area contributed by atoms with Gasteiger partial charge < -0.3 is 19.3 Å². The van der Waals surface area contributed by atoms with Gasteiger partial charge in [-0.1, -0.05) is 6.92 Å². The molecule has 0 bridgehead atoms. The number of aromatic nitrogens is 3. The highest BCUT2D eigenvalue weighted by Crippen LogP contribution is 2.22. The van der Waals surface area contributed by atoms with Crippen LogP contribution < -0.4 is 9.80 Å². The van der Waals surface area contributed by atoms with E-state index in [1.165, 1.54) is 12.8 Å². The van der Waals surface area contributed by atoms with Crippen molar-refractivity contribution in [1.29, 1.82) is 0 Å². The first kappa shape index (κ1) is 20.5. The molecule has 3 aromatic rings. The van der Waals surface area contributed by atoms with Gasteiger partial charge in [0.2, 0.25) is 0 Å². The maximum atomic E-state index is 13.0. The topological polar surface area (TPSA) is 57.5 Å². The zero-order valence-corrected chi connectivity index (χ0v) is 18.6. The van der Waals surface area contributed by atoms with Crippen molar-refractivity contribution in [2.75, 3.05) is 49.1 Å². The first-order chi connectivity index (χ1) is 15.7. The lowest BCUT2D eigenvalue weighted by Crippen LogP contribution is -2.49. The Bertz CT molecular complexity index is 1020. The predicted molar refractivity (Wildman–Crippen MR) is 127 cm³/mol. The van der Waals surface area contributed by atoms with Crippen LogP contribution in [-0.4, -0.2) is 64.8 Å². The highest BCUT2D eigenvalue weighted by molar-refractivity contribution is 5.94. The number of hydrogen-bond donors (Lipinski definition) is 0. The Morgan fingerprint density at radius 1 is 0.781 bits per heavy atom. The van der Waals surface area contributed by atoms with Gasteiger partial charge in [-0.15, -0.1) is 10.2 Å². The Hall–Kier alpha value is -3.35. The Morgan fingerprint density at radius 3 is 1.91 bits per heavy atom. The summed E-state index contributed by atoms with van der Waals surface area (Å²) in [6.07, 6.45) is 6.43. The summed E-state index contributed by atoms with van der Waals surface area (Å²) in [7, 11) is 0. The third-order valence-electron chi connectivity index (χ3n) is 6.65. The molecule has 2 saturated heterocycles. The molecule has 4 heterocycles. The number of carbonyl (C=O) groups excluding carboxylic acids is 1. The molecule has 7 nitrogen and oxygen atoms in total. The zero-order valence-electron chi connectivity index (χ0n) is 18.6. The third kappa shape index (κ3) is 4.33. The standard InChI is InChI=1S/C25H30N6O/c1-20-10-14-29(15-11-20)23-8-9-24(27-26-23)30-16-18-31(19-17-30)25(32)21-4-6-22(7-5-21)28-12-2-3-13-28/h2-9,12-13,20H,10-11,14-19H2,1H3. The number of hydrogen-bond acceptors (Lipinski definition) is 5. The summed E-state index contributed by atoms with van der Waals surface area (Å²) in [6.45, 7) is 7.34. The third-order valence-corrected chi connectivity index (χ3v) is 6.65. The fourth-order valence-electron chi connectivity index (χ4n) is 4.50. The average Bonchev–Trinajstić information content (AvgIpc) is 3.40. The van der Waals surface area contributed by atoms with E-state index in [4.69, 9.17) is 0 Å². The van der Waals surface area contributed by atoms with Crippen LogP contribution in [0.1, 0.15) is 30.1 Å². The number of piperazine rings is 1. The molecule has 0 atom stereocenters. The van der Waals surface area contributed by atoms with Crippen molar-refractivity contribution in [2.24, 2.45) is 5.92 Å². The Balaban J connectivity index is 1.16. The zero-order chi connectivity index (χ0) is 21.9. The van der Waals surface area contributed by atoms with Crippen molar-refractivity contribution < 1.29 is 4.79 Å². The number of piperidine rings is 1. The molecule has 1 aromatic carbocycles. The largest absolute Gasteiger partial charge is 0.355 e. The lowest BCUT2D eigenvalue weighted by molar-refractivity contribution is 0.0746. The average molecular weight is 431 g/mol. The second kappa shape index (κ2) is 9.02. The van der Waals surface area contributed by atoms with E-state index in [0.717, 1.165) is 55.0 Å². The maximum absolute atomic E-state index is 13.0. The molecule has 0 spiro atoms. The number of benzene rings is 1. The summed E-state index contributed by atoms with van der Waals surface area (Å²) in [5.41, 5.74) is 1.78. The minimum Gasteiger partial charge on any atom is -0.355 e. The quantitative estimate of drug-likeness (QED) is 0.634. The minimum atomic E-state index is 0.0875. The summed E-state index contributed by atoms with van der Waals surface area (Å²) in [5.74, 6) is 2.75. The van der Waals surface area contributed by atoms with Crippen LogP contribution in [0.4, 0.5) is 11.6 Å². The van der Waals surface area contributed by atoms with Gasteiger partial charge in [-0.25, -0.2) is 0 Å². The first-order valence-corrected chi connectivity index (χ1v) is 11.5. The highest BCUT2D eigenvalue weighted by Gasteiger charge is 2.24. The fourth-order valence-corrected chi connectivity index (χ4v) is 4.50. The van der Waals surface area contributed by atoms with Crippen LogP contribution in [0.5, 0.6) is 0 Å². The molecule has 2 aliphatic rings. The molecule has 5 rings (SSSR count). The predicted octanol–water partition coefficient (Wildman–Crippen LogP) is 3.47. The summed E-state index contributed by atoms with van der Waals surface area (Å²) in [6, 6.07) is 15.9. The van der Waals surface area contributed by atoms with E-state index in [9.17, 15) is 4.79 Å². The molecular weight excluding hydrogens is 400 g/mol. The van der Waals surface area contributed by atoms with E-state index in [0.29, 0.717) is 13.1 Å². The van der Waals surface area contributed by atoms with Crippen LogP contribution in [-0.2, 0) is 0 Å². The molecule has 2 aliphatic heterocycles. The van der Waals surface area contributed by atoms with Crippen molar-refractivity contribution in [3.05, 3.63) is 66.5 Å². The second-order valence-electron chi connectivity index (χ2n) is 8.84. The molecule has 166 valence electrons. The van der Waals surface area contributed by atoms with Gasteiger partial charge in [0.1, 0.15) is 0 Å². The van der Waals surface area contributed by atoms with Gasteiger partial charge in [0.15, 0.2) is 11.6 Å².